The topological polar surface area (TPSA) is 80.7 Å². The van der Waals surface area contributed by atoms with Crippen LogP contribution in [0.3, 0.4) is 0 Å². The molecule has 5 nitrogen and oxygen atoms in total. The van der Waals surface area contributed by atoms with E-state index in [1.165, 1.54) is 0 Å². The lowest BCUT2D eigenvalue weighted by Crippen LogP contribution is -2.49. The number of Topliss-reactive ketones (excluding diaryl/α,β-unsaturated/α-hetero) is 2. The molecule has 0 bridgehead atoms. The van der Waals surface area contributed by atoms with Gasteiger partial charge in [-0.2, -0.15) is 0 Å². The number of esters is 1. The van der Waals surface area contributed by atoms with Crippen molar-refractivity contribution >= 4 is 17.5 Å². The smallest absolute Gasteiger partial charge is 0.336 e. The van der Waals surface area contributed by atoms with E-state index in [2.05, 4.69) is 0 Å². The molecule has 1 N–H and O–H groups in total. The van der Waals surface area contributed by atoms with Gasteiger partial charge in [-0.25, -0.2) is 4.79 Å². The second kappa shape index (κ2) is 7.26. The molecule has 1 aromatic rings. The predicted molar refractivity (Wildman–Crippen MR) is 89.1 cm³/mol. The molecule has 1 aromatic carbocycles. The number of benzene rings is 1. The largest absolute Gasteiger partial charge is 0.464 e. The molecular formula is C19H24O5. The molecule has 0 saturated heterocycles. The van der Waals surface area contributed by atoms with Crippen LogP contribution in [0.25, 0.3) is 0 Å². The SMILES string of the molecule is CCCOC(=O)C(O)C1(CC)C(=O)c2cccc(CCC)c2C1=O. The van der Waals surface area contributed by atoms with E-state index in [1.807, 2.05) is 19.9 Å². The Morgan fingerprint density at radius 1 is 1.17 bits per heavy atom. The summed E-state index contributed by atoms with van der Waals surface area (Å²) in [6.07, 6.45) is 0.361. The fourth-order valence-corrected chi connectivity index (χ4v) is 3.35. The van der Waals surface area contributed by atoms with Gasteiger partial charge >= 0.3 is 5.97 Å². The molecule has 2 rings (SSSR count). The highest BCUT2D eigenvalue weighted by Gasteiger charge is 2.59. The van der Waals surface area contributed by atoms with Crippen molar-refractivity contribution in [2.45, 2.75) is 52.6 Å². The average Bonchev–Trinajstić information content (AvgIpc) is 2.81. The lowest BCUT2D eigenvalue weighted by atomic mass is 9.74. The highest BCUT2D eigenvalue weighted by Crippen LogP contribution is 2.44. The molecule has 2 atom stereocenters. The van der Waals surface area contributed by atoms with E-state index < -0.39 is 29.1 Å². The molecule has 1 aliphatic carbocycles. The molecule has 1 aliphatic rings. The summed E-state index contributed by atoms with van der Waals surface area (Å²) in [5.74, 6) is -1.86. The lowest BCUT2D eigenvalue weighted by Gasteiger charge is -2.28. The predicted octanol–water partition coefficient (Wildman–Crippen LogP) is 2.73. The van der Waals surface area contributed by atoms with Crippen LogP contribution in [0, 0.1) is 5.41 Å². The van der Waals surface area contributed by atoms with Gasteiger partial charge in [-0.3, -0.25) is 9.59 Å². The van der Waals surface area contributed by atoms with Gasteiger partial charge in [0.05, 0.1) is 6.61 Å². The summed E-state index contributed by atoms with van der Waals surface area (Å²) in [5.41, 5.74) is -0.321. The zero-order chi connectivity index (χ0) is 17.9. The summed E-state index contributed by atoms with van der Waals surface area (Å²) in [7, 11) is 0. The van der Waals surface area contributed by atoms with E-state index in [4.69, 9.17) is 4.74 Å². The van der Waals surface area contributed by atoms with E-state index in [0.29, 0.717) is 24.0 Å². The first-order valence-electron chi connectivity index (χ1n) is 8.51. The highest BCUT2D eigenvalue weighted by molar-refractivity contribution is 6.31. The molecule has 0 radical (unpaired) electrons. The van der Waals surface area contributed by atoms with E-state index in [0.717, 1.165) is 12.0 Å². The van der Waals surface area contributed by atoms with Gasteiger partial charge in [0, 0.05) is 11.1 Å². The summed E-state index contributed by atoms with van der Waals surface area (Å²) in [6.45, 7) is 5.60. The first-order chi connectivity index (χ1) is 11.4. The Hall–Kier alpha value is -2.01. The zero-order valence-corrected chi connectivity index (χ0v) is 14.4. The zero-order valence-electron chi connectivity index (χ0n) is 14.4. The number of ether oxygens (including phenoxy) is 1. The van der Waals surface area contributed by atoms with Crippen LogP contribution in [-0.2, 0) is 16.0 Å². The molecule has 0 fully saturated rings. The minimum atomic E-state index is -1.78. The van der Waals surface area contributed by atoms with Crippen molar-refractivity contribution in [2.75, 3.05) is 6.61 Å². The van der Waals surface area contributed by atoms with Gasteiger partial charge in [0.2, 0.25) is 0 Å². The molecule has 0 spiro atoms. The number of carbonyl (C=O) groups excluding carboxylic acids is 3. The molecule has 2 unspecified atom stereocenters. The highest BCUT2D eigenvalue weighted by atomic mass is 16.5. The fraction of sp³-hybridized carbons (Fsp3) is 0.526. The minimum absolute atomic E-state index is 0.0489. The van der Waals surface area contributed by atoms with Gasteiger partial charge in [-0.15, -0.1) is 0 Å². The van der Waals surface area contributed by atoms with Crippen molar-refractivity contribution in [3.63, 3.8) is 0 Å². The minimum Gasteiger partial charge on any atom is -0.464 e. The Labute approximate surface area is 142 Å². The number of hydrogen-bond acceptors (Lipinski definition) is 5. The molecule has 0 heterocycles. The van der Waals surface area contributed by atoms with Crippen LogP contribution in [0.5, 0.6) is 0 Å². The molecule has 0 saturated carbocycles. The fourth-order valence-electron chi connectivity index (χ4n) is 3.35. The Bertz CT molecular complexity index is 664. The Balaban J connectivity index is 2.49. The third kappa shape index (κ3) is 2.67. The first kappa shape index (κ1) is 18.3. The molecular weight excluding hydrogens is 308 g/mol. The van der Waals surface area contributed by atoms with Crippen LogP contribution >= 0.6 is 0 Å². The van der Waals surface area contributed by atoms with Gasteiger partial charge in [0.1, 0.15) is 5.41 Å². The number of ketones is 2. The van der Waals surface area contributed by atoms with Gasteiger partial charge in [0.15, 0.2) is 17.7 Å². The van der Waals surface area contributed by atoms with E-state index in [-0.39, 0.29) is 13.0 Å². The van der Waals surface area contributed by atoms with Crippen LogP contribution in [-0.4, -0.2) is 35.4 Å². The van der Waals surface area contributed by atoms with E-state index in [1.54, 1.807) is 19.1 Å². The third-order valence-electron chi connectivity index (χ3n) is 4.65. The van der Waals surface area contributed by atoms with Crippen LogP contribution in [0.15, 0.2) is 18.2 Å². The third-order valence-corrected chi connectivity index (χ3v) is 4.65. The van der Waals surface area contributed by atoms with Crippen LogP contribution in [0.1, 0.15) is 66.3 Å². The summed E-state index contributed by atoms with van der Waals surface area (Å²) in [6, 6.07) is 5.15. The van der Waals surface area contributed by atoms with E-state index in [9.17, 15) is 19.5 Å². The normalized spacial score (nSPS) is 20.8. The second-order valence-corrected chi connectivity index (χ2v) is 6.14. The Morgan fingerprint density at radius 3 is 2.46 bits per heavy atom. The van der Waals surface area contributed by atoms with Crippen LogP contribution < -0.4 is 0 Å². The van der Waals surface area contributed by atoms with Crippen molar-refractivity contribution in [3.8, 4) is 0 Å². The maximum Gasteiger partial charge on any atom is 0.336 e. The molecule has 130 valence electrons. The van der Waals surface area contributed by atoms with Gasteiger partial charge in [0.25, 0.3) is 0 Å². The molecule has 5 heteroatoms. The van der Waals surface area contributed by atoms with Gasteiger partial charge < -0.3 is 9.84 Å². The number of carbonyl (C=O) groups is 3. The quantitative estimate of drug-likeness (QED) is 0.613. The standard InChI is InChI=1S/C19H24O5/c1-4-8-12-9-7-10-13-14(12)16(21)19(6-3,15(13)20)17(22)18(23)24-11-5-2/h7,9-10,17,22H,4-6,8,11H2,1-3H3. The number of aliphatic hydroxyl groups excluding tert-OH is 1. The number of rotatable bonds is 7. The van der Waals surface area contributed by atoms with Gasteiger partial charge in [-0.05, 0) is 24.8 Å². The maximum atomic E-state index is 13.1. The number of aryl methyl sites for hydroxylation is 1. The molecule has 0 aromatic heterocycles. The first-order valence-corrected chi connectivity index (χ1v) is 8.51. The van der Waals surface area contributed by atoms with Crippen LogP contribution in [0.2, 0.25) is 0 Å². The van der Waals surface area contributed by atoms with Crippen LogP contribution in [0.4, 0.5) is 0 Å². The molecule has 24 heavy (non-hydrogen) atoms. The lowest BCUT2D eigenvalue weighted by molar-refractivity contribution is -0.158. The Morgan fingerprint density at radius 2 is 1.88 bits per heavy atom. The van der Waals surface area contributed by atoms with Crippen molar-refractivity contribution < 1.29 is 24.2 Å². The summed E-state index contributed by atoms with van der Waals surface area (Å²) in [5, 5.41) is 10.5. The van der Waals surface area contributed by atoms with Crippen molar-refractivity contribution in [2.24, 2.45) is 5.41 Å². The number of hydrogen-bond donors (Lipinski definition) is 1. The maximum absolute atomic E-state index is 13.1. The summed E-state index contributed by atoms with van der Waals surface area (Å²) in [4.78, 5) is 38.2. The monoisotopic (exact) mass is 332 g/mol. The summed E-state index contributed by atoms with van der Waals surface area (Å²) < 4.78 is 4.97. The number of fused-ring (bicyclic) bond motifs is 1. The van der Waals surface area contributed by atoms with Crippen molar-refractivity contribution in [1.82, 2.24) is 0 Å². The summed E-state index contributed by atoms with van der Waals surface area (Å²) >= 11 is 0. The van der Waals surface area contributed by atoms with E-state index >= 15 is 0 Å². The number of aliphatic hydroxyl groups is 1. The molecule has 0 amide bonds. The van der Waals surface area contributed by atoms with Crippen molar-refractivity contribution in [3.05, 3.63) is 34.9 Å². The second-order valence-electron chi connectivity index (χ2n) is 6.14. The van der Waals surface area contributed by atoms with Crippen molar-refractivity contribution in [1.29, 1.82) is 0 Å². The van der Waals surface area contributed by atoms with Gasteiger partial charge in [-0.1, -0.05) is 45.4 Å². The average molecular weight is 332 g/mol. The molecule has 0 aliphatic heterocycles. The Kier molecular flexibility index (Phi) is 5.54.